The lowest BCUT2D eigenvalue weighted by atomic mass is 9.98. The summed E-state index contributed by atoms with van der Waals surface area (Å²) in [5.41, 5.74) is 6.31. The number of carbonyl (C=O) groups excluding carboxylic acids is 2. The predicted octanol–water partition coefficient (Wildman–Crippen LogP) is 4.12. The van der Waals surface area contributed by atoms with Crippen molar-refractivity contribution in [2.75, 3.05) is 13.1 Å². The van der Waals surface area contributed by atoms with Crippen LogP contribution in [-0.4, -0.2) is 34.8 Å². The zero-order chi connectivity index (χ0) is 21.8. The quantitative estimate of drug-likeness (QED) is 0.608. The van der Waals surface area contributed by atoms with Gasteiger partial charge in [0.2, 0.25) is 11.8 Å². The zero-order valence-electron chi connectivity index (χ0n) is 17.0. The van der Waals surface area contributed by atoms with Crippen LogP contribution in [0.5, 0.6) is 11.5 Å². The van der Waals surface area contributed by atoms with Gasteiger partial charge in [-0.1, -0.05) is 24.8 Å². The van der Waals surface area contributed by atoms with Crippen molar-refractivity contribution in [1.82, 2.24) is 9.88 Å². The Labute approximate surface area is 180 Å². The van der Waals surface area contributed by atoms with Crippen molar-refractivity contribution < 1.29 is 18.7 Å². The molecule has 0 bridgehead atoms. The molecule has 1 fully saturated rings. The molecule has 1 aliphatic rings. The van der Waals surface area contributed by atoms with E-state index in [-0.39, 0.29) is 17.5 Å². The summed E-state index contributed by atoms with van der Waals surface area (Å²) in [5.74, 6) is 1.22. The summed E-state index contributed by atoms with van der Waals surface area (Å²) >= 11 is 0. The van der Waals surface area contributed by atoms with Crippen LogP contribution in [0.1, 0.15) is 35.1 Å². The topological polar surface area (TPSA) is 98.7 Å². The average molecular weight is 417 g/mol. The van der Waals surface area contributed by atoms with E-state index in [0.717, 1.165) is 18.6 Å². The van der Waals surface area contributed by atoms with Crippen molar-refractivity contribution in [3.8, 4) is 22.8 Å². The van der Waals surface area contributed by atoms with Gasteiger partial charge >= 0.3 is 0 Å². The third-order valence-electron chi connectivity index (χ3n) is 5.23. The maximum absolute atomic E-state index is 12.0. The van der Waals surface area contributed by atoms with E-state index in [1.54, 1.807) is 29.2 Å². The molecule has 7 nitrogen and oxygen atoms in total. The number of piperidine rings is 1. The Hall–Kier alpha value is -3.87. The van der Waals surface area contributed by atoms with Gasteiger partial charge in [-0.15, -0.1) is 0 Å². The number of aromatic nitrogens is 1. The number of primary amides is 1. The van der Waals surface area contributed by atoms with Crippen LogP contribution in [0.2, 0.25) is 0 Å². The molecule has 2 amide bonds. The Balaban J connectivity index is 1.58. The number of nitrogens with two attached hydrogens (primary N) is 1. The fourth-order valence-corrected chi connectivity index (χ4v) is 3.68. The van der Waals surface area contributed by atoms with Crippen molar-refractivity contribution in [2.45, 2.75) is 18.8 Å². The second kappa shape index (κ2) is 8.87. The summed E-state index contributed by atoms with van der Waals surface area (Å²) < 4.78 is 11.8. The molecule has 4 rings (SSSR count). The fourth-order valence-electron chi connectivity index (χ4n) is 3.68. The summed E-state index contributed by atoms with van der Waals surface area (Å²) in [4.78, 5) is 30.1. The minimum atomic E-state index is -0.663. The first-order valence-electron chi connectivity index (χ1n) is 10.1. The van der Waals surface area contributed by atoms with E-state index in [1.807, 2.05) is 30.3 Å². The number of benzene rings is 2. The maximum atomic E-state index is 12.0. The van der Waals surface area contributed by atoms with Crippen LogP contribution in [0, 0.1) is 0 Å². The molecule has 1 aromatic heterocycles. The Morgan fingerprint density at radius 3 is 2.52 bits per heavy atom. The summed E-state index contributed by atoms with van der Waals surface area (Å²) in [6.07, 6.45) is 2.93. The number of para-hydroxylation sites is 1. The SMILES string of the molecule is C=CC(=O)N1CCCC(c2nc(C(N)=O)c(-c3ccc(Oc4ccccc4)cc3)o2)C1. The minimum Gasteiger partial charge on any atom is -0.457 e. The zero-order valence-corrected chi connectivity index (χ0v) is 17.0. The molecule has 2 N–H and O–H groups in total. The lowest BCUT2D eigenvalue weighted by molar-refractivity contribution is -0.127. The van der Waals surface area contributed by atoms with Crippen molar-refractivity contribution in [1.29, 1.82) is 0 Å². The van der Waals surface area contributed by atoms with Gasteiger partial charge in [0.25, 0.3) is 5.91 Å². The van der Waals surface area contributed by atoms with Crippen LogP contribution in [0.3, 0.4) is 0 Å². The van der Waals surface area contributed by atoms with Crippen LogP contribution >= 0.6 is 0 Å². The van der Waals surface area contributed by atoms with E-state index in [1.165, 1.54) is 6.08 Å². The lowest BCUT2D eigenvalue weighted by Crippen LogP contribution is -2.38. The molecule has 2 aromatic carbocycles. The van der Waals surface area contributed by atoms with Crippen LogP contribution in [0.25, 0.3) is 11.3 Å². The highest BCUT2D eigenvalue weighted by Gasteiger charge is 2.29. The highest BCUT2D eigenvalue weighted by molar-refractivity contribution is 5.96. The number of oxazole rings is 1. The molecule has 1 atom stereocenters. The number of likely N-dealkylation sites (tertiary alicyclic amines) is 1. The largest absolute Gasteiger partial charge is 0.457 e. The van der Waals surface area contributed by atoms with Crippen molar-refractivity contribution in [3.05, 3.63) is 78.8 Å². The molecule has 0 radical (unpaired) electrons. The van der Waals surface area contributed by atoms with Gasteiger partial charge in [0.15, 0.2) is 11.5 Å². The predicted molar refractivity (Wildman–Crippen MR) is 116 cm³/mol. The average Bonchev–Trinajstić information content (AvgIpc) is 3.26. The normalized spacial score (nSPS) is 16.0. The van der Waals surface area contributed by atoms with Gasteiger partial charge in [-0.05, 0) is 55.3 Å². The second-order valence-corrected chi connectivity index (χ2v) is 7.36. The van der Waals surface area contributed by atoms with Crippen LogP contribution < -0.4 is 10.5 Å². The summed E-state index contributed by atoms with van der Waals surface area (Å²) in [5, 5.41) is 0. The monoisotopic (exact) mass is 417 g/mol. The van der Waals surface area contributed by atoms with E-state index < -0.39 is 5.91 Å². The molecule has 1 unspecified atom stereocenters. The lowest BCUT2D eigenvalue weighted by Gasteiger charge is -2.30. The Morgan fingerprint density at radius 1 is 1.13 bits per heavy atom. The molecule has 0 saturated carbocycles. The number of nitrogens with zero attached hydrogens (tertiary/aromatic N) is 2. The van der Waals surface area contributed by atoms with E-state index in [9.17, 15) is 9.59 Å². The Kier molecular flexibility index (Phi) is 5.84. The molecule has 2 heterocycles. The van der Waals surface area contributed by atoms with Gasteiger partial charge in [-0.2, -0.15) is 0 Å². The molecule has 3 aromatic rings. The van der Waals surface area contributed by atoms with Crippen molar-refractivity contribution in [3.63, 3.8) is 0 Å². The Morgan fingerprint density at radius 2 is 1.84 bits per heavy atom. The summed E-state index contributed by atoms with van der Waals surface area (Å²) in [6.45, 7) is 4.68. The maximum Gasteiger partial charge on any atom is 0.271 e. The molecule has 31 heavy (non-hydrogen) atoms. The highest BCUT2D eigenvalue weighted by Crippen LogP contribution is 2.33. The molecule has 158 valence electrons. The minimum absolute atomic E-state index is 0.0823. The second-order valence-electron chi connectivity index (χ2n) is 7.36. The molecule has 0 aliphatic carbocycles. The fraction of sp³-hybridized carbons (Fsp3) is 0.208. The van der Waals surface area contributed by atoms with Crippen LogP contribution in [0.4, 0.5) is 0 Å². The molecule has 1 saturated heterocycles. The van der Waals surface area contributed by atoms with Gasteiger partial charge in [-0.25, -0.2) is 4.98 Å². The standard InChI is InChI=1S/C24H23N3O4/c1-2-20(28)27-14-6-7-17(15-27)24-26-21(23(25)29)22(31-24)16-10-12-19(13-11-16)30-18-8-4-3-5-9-18/h2-5,8-13,17H,1,6-7,14-15H2,(H2,25,29). The number of hydrogen-bond acceptors (Lipinski definition) is 5. The molecule has 1 aliphatic heterocycles. The van der Waals surface area contributed by atoms with Crippen molar-refractivity contribution >= 4 is 11.8 Å². The van der Waals surface area contributed by atoms with Gasteiger partial charge in [0.1, 0.15) is 11.5 Å². The third kappa shape index (κ3) is 4.50. The van der Waals surface area contributed by atoms with Gasteiger partial charge in [-0.3, -0.25) is 9.59 Å². The smallest absolute Gasteiger partial charge is 0.271 e. The number of amides is 2. The number of ether oxygens (including phenoxy) is 1. The van der Waals surface area contributed by atoms with Gasteiger partial charge in [0.05, 0.1) is 5.92 Å². The first-order valence-corrected chi connectivity index (χ1v) is 10.1. The molecule has 0 spiro atoms. The number of rotatable bonds is 6. The first kappa shape index (κ1) is 20.4. The summed E-state index contributed by atoms with van der Waals surface area (Å²) in [6, 6.07) is 16.6. The molecule has 7 heteroatoms. The van der Waals surface area contributed by atoms with Crippen LogP contribution in [0.15, 0.2) is 71.7 Å². The first-order chi connectivity index (χ1) is 15.0. The molecular weight excluding hydrogens is 394 g/mol. The van der Waals surface area contributed by atoms with Gasteiger partial charge < -0.3 is 19.8 Å². The third-order valence-corrected chi connectivity index (χ3v) is 5.23. The van der Waals surface area contributed by atoms with Crippen molar-refractivity contribution in [2.24, 2.45) is 5.73 Å². The molecular formula is C24H23N3O4. The van der Waals surface area contributed by atoms with E-state index >= 15 is 0 Å². The summed E-state index contributed by atoms with van der Waals surface area (Å²) in [7, 11) is 0. The van der Waals surface area contributed by atoms with Gasteiger partial charge in [0, 0.05) is 18.7 Å². The van der Waals surface area contributed by atoms with E-state index in [4.69, 9.17) is 14.9 Å². The van der Waals surface area contributed by atoms with Crippen LogP contribution in [-0.2, 0) is 4.79 Å². The highest BCUT2D eigenvalue weighted by atomic mass is 16.5. The Bertz CT molecular complexity index is 1090. The van der Waals surface area contributed by atoms with E-state index in [0.29, 0.717) is 36.1 Å². The number of carbonyl (C=O) groups is 2. The number of hydrogen-bond donors (Lipinski definition) is 1. The van der Waals surface area contributed by atoms with E-state index in [2.05, 4.69) is 11.6 Å².